The predicted octanol–water partition coefficient (Wildman–Crippen LogP) is 0.613. The van der Waals surface area contributed by atoms with Crippen LogP contribution in [0.2, 0.25) is 0 Å². The molecule has 3 atom stereocenters. The van der Waals surface area contributed by atoms with Gasteiger partial charge in [0.1, 0.15) is 6.04 Å². The highest BCUT2D eigenvalue weighted by Crippen LogP contribution is 2.59. The first-order valence-corrected chi connectivity index (χ1v) is 7.67. The van der Waals surface area contributed by atoms with Gasteiger partial charge in [0.15, 0.2) is 0 Å². The molecule has 0 aromatic carbocycles. The zero-order valence-corrected chi connectivity index (χ0v) is 12.5. The van der Waals surface area contributed by atoms with E-state index < -0.39 is 29.3 Å². The number of aliphatic carboxylic acids is 1. The van der Waals surface area contributed by atoms with Gasteiger partial charge in [-0.25, -0.2) is 0 Å². The molecule has 116 valence electrons. The lowest BCUT2D eigenvalue weighted by molar-refractivity contribution is -0.143. The Morgan fingerprint density at radius 1 is 1.14 bits per heavy atom. The maximum absolute atomic E-state index is 12.6. The van der Waals surface area contributed by atoms with E-state index in [1.807, 2.05) is 13.8 Å². The Bertz CT molecular complexity index is 498. The van der Waals surface area contributed by atoms with Crippen LogP contribution in [0, 0.1) is 17.3 Å². The summed E-state index contributed by atoms with van der Waals surface area (Å²) in [5.41, 5.74) is -0.511. The average Bonchev–Trinajstić information content (AvgIpc) is 3.23. The van der Waals surface area contributed by atoms with Crippen LogP contribution in [0.3, 0.4) is 0 Å². The Labute approximate surface area is 123 Å². The smallest absolute Gasteiger partial charge is 0.307 e. The van der Waals surface area contributed by atoms with Gasteiger partial charge in [-0.15, -0.1) is 0 Å². The molecular weight excluding hydrogens is 272 g/mol. The van der Waals surface area contributed by atoms with Crippen LogP contribution in [-0.4, -0.2) is 46.4 Å². The van der Waals surface area contributed by atoms with Gasteiger partial charge in [-0.05, 0) is 31.1 Å². The normalized spacial score (nSPS) is 33.6. The minimum Gasteiger partial charge on any atom is -0.481 e. The van der Waals surface area contributed by atoms with E-state index >= 15 is 0 Å². The fourth-order valence-electron chi connectivity index (χ4n) is 3.57. The first-order chi connectivity index (χ1) is 9.84. The van der Waals surface area contributed by atoms with Crippen LogP contribution < -0.4 is 5.32 Å². The quantitative estimate of drug-likeness (QED) is 0.795. The number of hydrogen-bond acceptors (Lipinski definition) is 3. The van der Waals surface area contributed by atoms with Crippen LogP contribution in [0.1, 0.15) is 39.5 Å². The van der Waals surface area contributed by atoms with Crippen LogP contribution in [0.15, 0.2) is 0 Å². The molecule has 2 saturated carbocycles. The summed E-state index contributed by atoms with van der Waals surface area (Å²) in [5.74, 6) is -2.28. The fourth-order valence-corrected chi connectivity index (χ4v) is 3.57. The van der Waals surface area contributed by atoms with E-state index in [1.165, 1.54) is 0 Å². The molecule has 0 aromatic rings. The lowest BCUT2D eigenvalue weighted by Crippen LogP contribution is -2.47. The topological polar surface area (TPSA) is 86.7 Å². The molecule has 1 heterocycles. The minimum atomic E-state index is -0.920. The van der Waals surface area contributed by atoms with E-state index in [9.17, 15) is 19.5 Å². The van der Waals surface area contributed by atoms with Gasteiger partial charge in [-0.2, -0.15) is 0 Å². The fraction of sp³-hybridized carbons (Fsp3) is 0.800. The molecule has 6 heteroatoms. The number of nitrogens with zero attached hydrogens (tertiary/aromatic N) is 1. The second-order valence-electron chi connectivity index (χ2n) is 7.09. The van der Waals surface area contributed by atoms with Crippen LogP contribution in [0.4, 0.5) is 0 Å². The molecule has 0 spiro atoms. The molecule has 3 unspecified atom stereocenters. The number of likely N-dealkylation sites (tertiary alicyclic amines) is 1. The molecule has 3 aliphatic rings. The number of rotatable bonds is 4. The lowest BCUT2D eigenvalue weighted by atomic mass is 10.1. The highest BCUT2D eigenvalue weighted by molar-refractivity contribution is 5.95. The summed E-state index contributed by atoms with van der Waals surface area (Å²) >= 11 is 0. The van der Waals surface area contributed by atoms with E-state index in [1.54, 1.807) is 4.90 Å². The zero-order valence-electron chi connectivity index (χ0n) is 12.5. The molecule has 21 heavy (non-hydrogen) atoms. The highest BCUT2D eigenvalue weighted by atomic mass is 16.4. The van der Waals surface area contributed by atoms with Crippen molar-refractivity contribution in [3.05, 3.63) is 0 Å². The molecule has 3 rings (SSSR count). The minimum absolute atomic E-state index is 0.0753. The summed E-state index contributed by atoms with van der Waals surface area (Å²) in [5, 5.41) is 12.1. The van der Waals surface area contributed by atoms with Crippen LogP contribution in [0.25, 0.3) is 0 Å². The second kappa shape index (κ2) is 4.71. The first kappa shape index (κ1) is 14.4. The van der Waals surface area contributed by atoms with Crippen LogP contribution in [-0.2, 0) is 14.4 Å². The molecule has 2 amide bonds. The van der Waals surface area contributed by atoms with Gasteiger partial charge in [0.2, 0.25) is 11.8 Å². The molecule has 0 radical (unpaired) electrons. The molecule has 2 aliphatic carbocycles. The van der Waals surface area contributed by atoms with E-state index in [-0.39, 0.29) is 17.9 Å². The molecule has 3 fully saturated rings. The third kappa shape index (κ3) is 2.40. The second-order valence-corrected chi connectivity index (χ2v) is 7.09. The maximum Gasteiger partial charge on any atom is 0.307 e. The SMILES string of the molecule is CC1(C)C(C(=O)O)C1C(=O)N1CCCC1C(=O)NC1CC1. The highest BCUT2D eigenvalue weighted by Gasteiger charge is 2.67. The number of nitrogens with one attached hydrogen (secondary N) is 1. The molecule has 0 aromatic heterocycles. The molecule has 0 bridgehead atoms. The van der Waals surface area contributed by atoms with Gasteiger partial charge in [0.05, 0.1) is 11.8 Å². The van der Waals surface area contributed by atoms with Gasteiger partial charge < -0.3 is 15.3 Å². The van der Waals surface area contributed by atoms with Crippen molar-refractivity contribution in [2.45, 2.75) is 51.6 Å². The maximum atomic E-state index is 12.6. The summed E-state index contributed by atoms with van der Waals surface area (Å²) in [4.78, 5) is 37.7. The summed E-state index contributed by atoms with van der Waals surface area (Å²) in [6.45, 7) is 4.17. The molecule has 2 N–H and O–H groups in total. The third-order valence-electron chi connectivity index (χ3n) is 5.12. The van der Waals surface area contributed by atoms with Gasteiger partial charge in [0, 0.05) is 12.6 Å². The summed E-state index contributed by atoms with van der Waals surface area (Å²) in [7, 11) is 0. The Hall–Kier alpha value is -1.59. The predicted molar refractivity (Wildman–Crippen MR) is 74.3 cm³/mol. The van der Waals surface area contributed by atoms with Crippen LogP contribution >= 0.6 is 0 Å². The van der Waals surface area contributed by atoms with Crippen molar-refractivity contribution in [3.8, 4) is 0 Å². The van der Waals surface area contributed by atoms with Gasteiger partial charge >= 0.3 is 5.97 Å². The third-order valence-corrected chi connectivity index (χ3v) is 5.12. The Morgan fingerprint density at radius 3 is 2.33 bits per heavy atom. The zero-order chi connectivity index (χ0) is 15.4. The number of carbonyl (C=O) groups excluding carboxylic acids is 2. The average molecular weight is 294 g/mol. The van der Waals surface area contributed by atoms with Crippen molar-refractivity contribution in [3.63, 3.8) is 0 Å². The van der Waals surface area contributed by atoms with Crippen molar-refractivity contribution in [1.29, 1.82) is 0 Å². The van der Waals surface area contributed by atoms with Crippen molar-refractivity contribution in [1.82, 2.24) is 10.2 Å². The van der Waals surface area contributed by atoms with E-state index in [4.69, 9.17) is 0 Å². The van der Waals surface area contributed by atoms with Gasteiger partial charge in [-0.3, -0.25) is 14.4 Å². The number of hydrogen-bond donors (Lipinski definition) is 2. The van der Waals surface area contributed by atoms with Crippen molar-refractivity contribution < 1.29 is 19.5 Å². The number of carbonyl (C=O) groups is 3. The van der Waals surface area contributed by atoms with Crippen molar-refractivity contribution in [2.24, 2.45) is 17.3 Å². The Balaban J connectivity index is 1.69. The number of amides is 2. The summed E-state index contributed by atoms with van der Waals surface area (Å²) in [6.07, 6.45) is 3.51. The number of carboxylic acid groups (broad SMARTS) is 1. The van der Waals surface area contributed by atoms with Gasteiger partial charge in [0.25, 0.3) is 0 Å². The standard InChI is InChI=1S/C15H22N2O4/c1-15(2)10(11(15)14(20)21)13(19)17-7-3-4-9(17)12(18)16-8-5-6-8/h8-11H,3-7H2,1-2H3,(H,16,18)(H,20,21). The molecule has 6 nitrogen and oxygen atoms in total. The van der Waals surface area contributed by atoms with E-state index in [2.05, 4.69) is 5.32 Å². The van der Waals surface area contributed by atoms with Crippen molar-refractivity contribution >= 4 is 17.8 Å². The largest absolute Gasteiger partial charge is 0.481 e. The molecule has 1 saturated heterocycles. The lowest BCUT2D eigenvalue weighted by Gasteiger charge is -2.24. The molecule has 1 aliphatic heterocycles. The summed E-state index contributed by atoms with van der Waals surface area (Å²) < 4.78 is 0. The summed E-state index contributed by atoms with van der Waals surface area (Å²) in [6, 6.07) is -0.136. The van der Waals surface area contributed by atoms with Gasteiger partial charge in [-0.1, -0.05) is 13.8 Å². The van der Waals surface area contributed by atoms with E-state index in [0.717, 1.165) is 19.3 Å². The van der Waals surface area contributed by atoms with Crippen LogP contribution in [0.5, 0.6) is 0 Å². The Morgan fingerprint density at radius 2 is 1.81 bits per heavy atom. The molecular formula is C15H22N2O4. The van der Waals surface area contributed by atoms with Crippen molar-refractivity contribution in [2.75, 3.05) is 6.54 Å². The van der Waals surface area contributed by atoms with E-state index in [0.29, 0.717) is 13.0 Å². The Kier molecular flexibility index (Phi) is 3.22. The number of carboxylic acids is 1. The first-order valence-electron chi connectivity index (χ1n) is 7.67. The monoisotopic (exact) mass is 294 g/mol.